The summed E-state index contributed by atoms with van der Waals surface area (Å²) in [6, 6.07) is 7.63. The van der Waals surface area contributed by atoms with Gasteiger partial charge in [0.2, 0.25) is 0 Å². The number of benzene rings is 1. The molecule has 13 heavy (non-hydrogen) atoms. The van der Waals surface area contributed by atoms with Crippen LogP contribution in [-0.2, 0) is 0 Å². The first kappa shape index (κ1) is 9.16. The molecule has 0 heterocycles. The third kappa shape index (κ3) is 2.54. The second kappa shape index (κ2) is 4.18. The Morgan fingerprint density at radius 2 is 2.23 bits per heavy atom. The van der Waals surface area contributed by atoms with Crippen LogP contribution in [0.4, 0.5) is 5.69 Å². The third-order valence-electron chi connectivity index (χ3n) is 1.60. The molecule has 0 aromatic heterocycles. The van der Waals surface area contributed by atoms with Crippen molar-refractivity contribution < 1.29 is 0 Å². The summed E-state index contributed by atoms with van der Waals surface area (Å²) in [5.74, 6) is 5.59. The maximum absolute atomic E-state index is 8.28. The van der Waals surface area contributed by atoms with E-state index in [1.165, 1.54) is 0 Å². The fourth-order valence-corrected chi connectivity index (χ4v) is 0.957. The smallest absolute Gasteiger partial charge is 0.0966 e. The monoisotopic (exact) mass is 170 g/mol. The first-order chi connectivity index (χ1) is 6.24. The first-order valence-corrected chi connectivity index (χ1v) is 3.96. The number of hydrogen-bond donors (Lipinski definition) is 1. The van der Waals surface area contributed by atoms with Gasteiger partial charge in [0.1, 0.15) is 0 Å². The molecule has 0 saturated carbocycles. The average Bonchev–Trinajstić information content (AvgIpc) is 2.11. The Hall–Kier alpha value is -1.93. The topological polar surface area (TPSA) is 49.8 Å². The van der Waals surface area contributed by atoms with E-state index in [1.807, 2.05) is 31.2 Å². The van der Waals surface area contributed by atoms with Gasteiger partial charge >= 0.3 is 0 Å². The summed E-state index contributed by atoms with van der Waals surface area (Å²) in [4.78, 5) is 0. The number of nitriles is 1. The number of hydrogen-bond acceptors (Lipinski definition) is 2. The molecule has 2 heteroatoms. The lowest BCUT2D eigenvalue weighted by atomic mass is 10.1. The molecule has 0 unspecified atom stereocenters. The van der Waals surface area contributed by atoms with E-state index in [1.54, 1.807) is 0 Å². The quantitative estimate of drug-likeness (QED) is 0.477. The summed E-state index contributed by atoms with van der Waals surface area (Å²) in [5.41, 5.74) is 8.27. The third-order valence-corrected chi connectivity index (χ3v) is 1.60. The van der Waals surface area contributed by atoms with Gasteiger partial charge in [-0.25, -0.2) is 0 Å². The average molecular weight is 170 g/mol. The molecule has 0 aliphatic rings. The Kier molecular flexibility index (Phi) is 2.95. The molecule has 0 aliphatic carbocycles. The normalized spacial score (nSPS) is 8.31. The Bertz CT molecular complexity index is 402. The summed E-state index contributed by atoms with van der Waals surface area (Å²) in [7, 11) is 0. The van der Waals surface area contributed by atoms with E-state index in [4.69, 9.17) is 11.0 Å². The van der Waals surface area contributed by atoms with Gasteiger partial charge in [-0.05, 0) is 24.6 Å². The van der Waals surface area contributed by atoms with Crippen molar-refractivity contribution in [2.24, 2.45) is 0 Å². The van der Waals surface area contributed by atoms with E-state index in [0.29, 0.717) is 5.69 Å². The summed E-state index contributed by atoms with van der Waals surface area (Å²) in [5, 5.41) is 8.28. The van der Waals surface area contributed by atoms with Gasteiger partial charge in [0.05, 0.1) is 12.5 Å². The molecule has 1 rings (SSSR count). The number of nitrogen functional groups attached to an aromatic ring is 1. The van der Waals surface area contributed by atoms with Crippen LogP contribution in [0, 0.1) is 30.1 Å². The van der Waals surface area contributed by atoms with Crippen molar-refractivity contribution in [1.82, 2.24) is 0 Å². The summed E-state index contributed by atoms with van der Waals surface area (Å²) in [6.45, 7) is 1.98. The van der Waals surface area contributed by atoms with Gasteiger partial charge in [-0.15, -0.1) is 0 Å². The first-order valence-electron chi connectivity index (χ1n) is 3.96. The Labute approximate surface area is 78.0 Å². The zero-order chi connectivity index (χ0) is 9.68. The largest absolute Gasteiger partial charge is 0.398 e. The van der Waals surface area contributed by atoms with Crippen molar-refractivity contribution in [3.63, 3.8) is 0 Å². The lowest BCUT2D eigenvalue weighted by molar-refractivity contribution is 1.39. The van der Waals surface area contributed by atoms with Crippen LogP contribution in [0.5, 0.6) is 0 Å². The van der Waals surface area contributed by atoms with Gasteiger partial charge in [-0.2, -0.15) is 5.26 Å². The zero-order valence-corrected chi connectivity index (χ0v) is 7.46. The minimum absolute atomic E-state index is 0.243. The molecule has 0 amide bonds. The van der Waals surface area contributed by atoms with Crippen molar-refractivity contribution in [1.29, 1.82) is 5.26 Å². The predicted octanol–water partition coefficient (Wildman–Crippen LogP) is 1.84. The van der Waals surface area contributed by atoms with Gasteiger partial charge in [0, 0.05) is 11.3 Å². The number of aryl methyl sites for hydroxylation is 1. The lowest BCUT2D eigenvalue weighted by Crippen LogP contribution is -1.90. The molecular formula is C11H10N2. The molecule has 2 nitrogen and oxygen atoms in total. The van der Waals surface area contributed by atoms with Gasteiger partial charge < -0.3 is 5.73 Å². The lowest BCUT2D eigenvalue weighted by Gasteiger charge is -1.98. The Balaban J connectivity index is 2.97. The molecule has 0 saturated heterocycles. The highest BCUT2D eigenvalue weighted by Crippen LogP contribution is 2.11. The second-order valence-corrected chi connectivity index (χ2v) is 2.73. The van der Waals surface area contributed by atoms with Gasteiger partial charge in [-0.1, -0.05) is 17.9 Å². The van der Waals surface area contributed by atoms with Crippen molar-refractivity contribution in [3.05, 3.63) is 29.3 Å². The standard InChI is InChI=1S/C11H10N2/c1-9-5-6-11(13)10(8-9)4-2-3-7-12/h5-6,8H,3,13H2,1H3. The molecule has 2 N–H and O–H groups in total. The molecule has 1 aromatic carbocycles. The van der Waals surface area contributed by atoms with E-state index in [9.17, 15) is 0 Å². The summed E-state index contributed by atoms with van der Waals surface area (Å²) in [6.07, 6.45) is 0.243. The van der Waals surface area contributed by atoms with Gasteiger partial charge in [0.25, 0.3) is 0 Å². The van der Waals surface area contributed by atoms with Crippen molar-refractivity contribution >= 4 is 5.69 Å². The van der Waals surface area contributed by atoms with Crippen LogP contribution in [0.25, 0.3) is 0 Å². The maximum Gasteiger partial charge on any atom is 0.0966 e. The highest BCUT2D eigenvalue weighted by molar-refractivity contribution is 5.57. The van der Waals surface area contributed by atoms with Crippen LogP contribution in [0.3, 0.4) is 0 Å². The summed E-state index contributed by atoms with van der Waals surface area (Å²) < 4.78 is 0. The summed E-state index contributed by atoms with van der Waals surface area (Å²) >= 11 is 0. The number of anilines is 1. The number of rotatable bonds is 0. The number of nitrogens with two attached hydrogens (primary N) is 1. The molecule has 0 aliphatic heterocycles. The van der Waals surface area contributed by atoms with Crippen LogP contribution in [0.15, 0.2) is 18.2 Å². The van der Waals surface area contributed by atoms with Crippen molar-refractivity contribution in [2.75, 3.05) is 5.73 Å². The van der Waals surface area contributed by atoms with Crippen molar-refractivity contribution in [3.8, 4) is 17.9 Å². The minimum atomic E-state index is 0.243. The molecular weight excluding hydrogens is 160 g/mol. The van der Waals surface area contributed by atoms with Gasteiger partial charge in [-0.3, -0.25) is 0 Å². The second-order valence-electron chi connectivity index (χ2n) is 2.73. The van der Waals surface area contributed by atoms with Crippen molar-refractivity contribution in [2.45, 2.75) is 13.3 Å². The van der Waals surface area contributed by atoms with Crippen LogP contribution in [0.1, 0.15) is 17.5 Å². The SMILES string of the molecule is Cc1ccc(N)c(C#CCC#N)c1. The minimum Gasteiger partial charge on any atom is -0.398 e. The van der Waals surface area contributed by atoms with E-state index in [2.05, 4.69) is 11.8 Å². The molecule has 0 fully saturated rings. The zero-order valence-electron chi connectivity index (χ0n) is 7.46. The number of nitrogens with zero attached hydrogens (tertiary/aromatic N) is 1. The molecule has 0 radical (unpaired) electrons. The van der Waals surface area contributed by atoms with E-state index < -0.39 is 0 Å². The molecule has 1 aromatic rings. The highest BCUT2D eigenvalue weighted by Gasteiger charge is 1.93. The molecule has 0 spiro atoms. The van der Waals surface area contributed by atoms with E-state index in [0.717, 1.165) is 11.1 Å². The van der Waals surface area contributed by atoms with Crippen LogP contribution in [0.2, 0.25) is 0 Å². The van der Waals surface area contributed by atoms with Gasteiger partial charge in [0.15, 0.2) is 0 Å². The maximum atomic E-state index is 8.28. The molecule has 0 atom stereocenters. The fraction of sp³-hybridized carbons (Fsp3) is 0.182. The fourth-order valence-electron chi connectivity index (χ4n) is 0.957. The predicted molar refractivity (Wildman–Crippen MR) is 52.7 cm³/mol. The van der Waals surface area contributed by atoms with Crippen LogP contribution < -0.4 is 5.73 Å². The van der Waals surface area contributed by atoms with Crippen LogP contribution >= 0.6 is 0 Å². The Morgan fingerprint density at radius 3 is 2.92 bits per heavy atom. The highest BCUT2D eigenvalue weighted by atomic mass is 14.5. The van der Waals surface area contributed by atoms with E-state index in [-0.39, 0.29) is 6.42 Å². The van der Waals surface area contributed by atoms with E-state index >= 15 is 0 Å². The van der Waals surface area contributed by atoms with Crippen LogP contribution in [-0.4, -0.2) is 0 Å². The molecule has 0 bridgehead atoms. The Morgan fingerprint density at radius 1 is 1.46 bits per heavy atom. The molecule has 64 valence electrons.